The Bertz CT molecular complexity index is 487. The molecule has 2 aromatic rings. The zero-order valence-electron chi connectivity index (χ0n) is 8.00. The summed E-state index contributed by atoms with van der Waals surface area (Å²) in [5.41, 5.74) is 1.18. The van der Waals surface area contributed by atoms with E-state index in [1.54, 1.807) is 11.3 Å². The molecule has 0 saturated heterocycles. The van der Waals surface area contributed by atoms with Gasteiger partial charge in [-0.2, -0.15) is 0 Å². The molecule has 1 aromatic carbocycles. The van der Waals surface area contributed by atoms with Gasteiger partial charge < -0.3 is 5.32 Å². The van der Waals surface area contributed by atoms with Crippen LogP contribution < -0.4 is 5.32 Å². The van der Waals surface area contributed by atoms with E-state index in [1.165, 1.54) is 15.8 Å². The summed E-state index contributed by atoms with van der Waals surface area (Å²) >= 11 is 1.76. The summed E-state index contributed by atoms with van der Waals surface area (Å²) in [6.45, 7) is 2.57. The van der Waals surface area contributed by atoms with Gasteiger partial charge in [0.1, 0.15) is 0 Å². The lowest BCUT2D eigenvalue weighted by atomic mass is 10.2. The Morgan fingerprint density at radius 2 is 2.29 bits per heavy atom. The van der Waals surface area contributed by atoms with Crippen LogP contribution in [-0.4, -0.2) is 6.54 Å². The lowest BCUT2D eigenvalue weighted by molar-refractivity contribution is 1.40. The van der Waals surface area contributed by atoms with Gasteiger partial charge in [0.2, 0.25) is 0 Å². The third-order valence-corrected chi connectivity index (χ3v) is 2.99. The van der Waals surface area contributed by atoms with Gasteiger partial charge in [-0.1, -0.05) is 18.1 Å². The highest BCUT2D eigenvalue weighted by Crippen LogP contribution is 2.28. The highest BCUT2D eigenvalue weighted by Gasteiger charge is 1.99. The first-order valence-corrected chi connectivity index (χ1v) is 5.39. The second-order valence-electron chi connectivity index (χ2n) is 2.92. The van der Waals surface area contributed by atoms with Crippen molar-refractivity contribution in [3.8, 4) is 11.8 Å². The van der Waals surface area contributed by atoms with E-state index >= 15 is 0 Å². The topological polar surface area (TPSA) is 12.0 Å². The van der Waals surface area contributed by atoms with Gasteiger partial charge in [-0.15, -0.1) is 17.3 Å². The van der Waals surface area contributed by atoms with Crippen LogP contribution in [0.3, 0.4) is 0 Å². The second kappa shape index (κ2) is 4.17. The van der Waals surface area contributed by atoms with E-state index in [9.17, 15) is 0 Å². The van der Waals surface area contributed by atoms with Gasteiger partial charge in [-0.25, -0.2) is 0 Å². The highest BCUT2D eigenvalue weighted by atomic mass is 32.1. The molecule has 0 aliphatic rings. The molecule has 0 spiro atoms. The van der Waals surface area contributed by atoms with Crippen LogP contribution in [0.4, 0.5) is 5.69 Å². The predicted octanol–water partition coefficient (Wildman–Crippen LogP) is 3.34. The Labute approximate surface area is 87.8 Å². The van der Waals surface area contributed by atoms with Gasteiger partial charge in [0.25, 0.3) is 0 Å². The van der Waals surface area contributed by atoms with Crippen molar-refractivity contribution in [2.75, 3.05) is 11.9 Å². The molecule has 0 saturated carbocycles. The fourth-order valence-electron chi connectivity index (χ4n) is 1.36. The number of hydrogen-bond acceptors (Lipinski definition) is 2. The fraction of sp³-hybridized carbons (Fsp3) is 0.167. The van der Waals surface area contributed by atoms with E-state index in [0.29, 0.717) is 6.54 Å². The summed E-state index contributed by atoms with van der Waals surface area (Å²) in [7, 11) is 0. The molecule has 1 aromatic heterocycles. The van der Waals surface area contributed by atoms with Crippen LogP contribution in [0, 0.1) is 11.8 Å². The van der Waals surface area contributed by atoms with Gasteiger partial charge in [0.15, 0.2) is 0 Å². The van der Waals surface area contributed by atoms with E-state index in [2.05, 4.69) is 46.8 Å². The van der Waals surface area contributed by atoms with Crippen LogP contribution in [0.2, 0.25) is 0 Å². The largest absolute Gasteiger partial charge is 0.373 e. The highest BCUT2D eigenvalue weighted by molar-refractivity contribution is 7.17. The van der Waals surface area contributed by atoms with Crippen LogP contribution in [0.5, 0.6) is 0 Å². The molecule has 1 heterocycles. The van der Waals surface area contributed by atoms with E-state index in [1.807, 2.05) is 6.92 Å². The van der Waals surface area contributed by atoms with Gasteiger partial charge in [-0.05, 0) is 29.8 Å². The number of nitrogens with one attached hydrogen (secondary N) is 1. The third kappa shape index (κ3) is 1.73. The first-order valence-electron chi connectivity index (χ1n) is 4.51. The summed E-state index contributed by atoms with van der Waals surface area (Å²) in [5.74, 6) is 5.87. The lowest BCUT2D eigenvalue weighted by Gasteiger charge is -2.02. The molecular formula is C12H11NS. The Morgan fingerprint density at radius 1 is 1.36 bits per heavy atom. The van der Waals surface area contributed by atoms with Crippen molar-refractivity contribution >= 4 is 27.1 Å². The molecule has 0 radical (unpaired) electrons. The molecular weight excluding hydrogens is 190 g/mol. The smallest absolute Gasteiger partial charge is 0.0766 e. The molecule has 1 nitrogen and oxygen atoms in total. The first-order chi connectivity index (χ1) is 6.92. The molecule has 2 heteroatoms. The number of benzene rings is 1. The molecule has 0 fully saturated rings. The van der Waals surface area contributed by atoms with Gasteiger partial charge in [0, 0.05) is 0 Å². The minimum Gasteiger partial charge on any atom is -0.373 e. The summed E-state index contributed by atoms with van der Waals surface area (Å²) < 4.78 is 1.31. The van der Waals surface area contributed by atoms with Crippen molar-refractivity contribution in [1.82, 2.24) is 0 Å². The van der Waals surface area contributed by atoms with Crippen molar-refractivity contribution in [3.05, 3.63) is 29.6 Å². The Morgan fingerprint density at radius 3 is 3.14 bits per heavy atom. The van der Waals surface area contributed by atoms with Crippen LogP contribution in [0.15, 0.2) is 29.6 Å². The molecule has 0 aliphatic carbocycles. The molecule has 0 unspecified atom stereocenters. The van der Waals surface area contributed by atoms with Crippen molar-refractivity contribution in [3.63, 3.8) is 0 Å². The zero-order chi connectivity index (χ0) is 9.80. The maximum absolute atomic E-state index is 3.31. The quantitative estimate of drug-likeness (QED) is 0.735. The molecule has 0 atom stereocenters. The number of hydrogen-bond donors (Lipinski definition) is 1. The standard InChI is InChI=1S/C12H11NS/c1-2-3-8-13-11-6-4-5-10-7-9-14-12(10)11/h4-7,9,13H,8H2,1H3. The predicted molar refractivity (Wildman–Crippen MR) is 63.8 cm³/mol. The van der Waals surface area contributed by atoms with Crippen molar-refractivity contribution in [1.29, 1.82) is 0 Å². The molecule has 1 N–H and O–H groups in total. The van der Waals surface area contributed by atoms with Crippen molar-refractivity contribution in [2.24, 2.45) is 0 Å². The SMILES string of the molecule is CC#CCNc1cccc2ccsc12. The number of rotatable bonds is 2. The Kier molecular flexibility index (Phi) is 2.71. The zero-order valence-corrected chi connectivity index (χ0v) is 8.82. The lowest BCUT2D eigenvalue weighted by Crippen LogP contribution is -1.97. The van der Waals surface area contributed by atoms with Crippen molar-refractivity contribution in [2.45, 2.75) is 6.92 Å². The van der Waals surface area contributed by atoms with Crippen molar-refractivity contribution < 1.29 is 0 Å². The number of thiophene rings is 1. The first kappa shape index (κ1) is 9.11. The second-order valence-corrected chi connectivity index (χ2v) is 3.84. The monoisotopic (exact) mass is 201 g/mol. The van der Waals surface area contributed by atoms with Crippen LogP contribution in [0.1, 0.15) is 6.92 Å². The van der Waals surface area contributed by atoms with Crippen LogP contribution >= 0.6 is 11.3 Å². The maximum Gasteiger partial charge on any atom is 0.0766 e. The normalized spacial score (nSPS) is 9.50. The fourth-order valence-corrected chi connectivity index (χ4v) is 2.25. The van der Waals surface area contributed by atoms with Crippen LogP contribution in [-0.2, 0) is 0 Å². The summed E-state index contributed by atoms with van der Waals surface area (Å²) in [6, 6.07) is 8.42. The number of fused-ring (bicyclic) bond motifs is 1. The molecule has 70 valence electrons. The van der Waals surface area contributed by atoms with Gasteiger partial charge >= 0.3 is 0 Å². The Balaban J connectivity index is 2.30. The molecule has 0 aliphatic heterocycles. The number of anilines is 1. The molecule has 0 amide bonds. The minimum atomic E-state index is 0.716. The van der Waals surface area contributed by atoms with Crippen LogP contribution in [0.25, 0.3) is 10.1 Å². The maximum atomic E-state index is 3.31. The average molecular weight is 201 g/mol. The minimum absolute atomic E-state index is 0.716. The molecule has 0 bridgehead atoms. The molecule has 2 rings (SSSR count). The van der Waals surface area contributed by atoms with E-state index in [-0.39, 0.29) is 0 Å². The van der Waals surface area contributed by atoms with Gasteiger partial charge in [-0.3, -0.25) is 0 Å². The van der Waals surface area contributed by atoms with E-state index in [4.69, 9.17) is 0 Å². The average Bonchev–Trinajstić information content (AvgIpc) is 2.67. The third-order valence-electron chi connectivity index (χ3n) is 2.02. The summed E-state index contributed by atoms with van der Waals surface area (Å²) in [5, 5.41) is 6.72. The Hall–Kier alpha value is -1.46. The summed E-state index contributed by atoms with van der Waals surface area (Å²) in [4.78, 5) is 0. The molecule has 14 heavy (non-hydrogen) atoms. The van der Waals surface area contributed by atoms with E-state index in [0.717, 1.165) is 0 Å². The van der Waals surface area contributed by atoms with Gasteiger partial charge in [0.05, 0.1) is 16.9 Å². The van der Waals surface area contributed by atoms with E-state index < -0.39 is 0 Å². The summed E-state index contributed by atoms with van der Waals surface area (Å²) in [6.07, 6.45) is 0.